The predicted molar refractivity (Wildman–Crippen MR) is 95.3 cm³/mol. The molecule has 25 heavy (non-hydrogen) atoms. The van der Waals surface area contributed by atoms with E-state index in [9.17, 15) is 0 Å². The highest BCUT2D eigenvalue weighted by Crippen LogP contribution is 2.35. The van der Waals surface area contributed by atoms with E-state index in [4.69, 9.17) is 9.84 Å². The lowest BCUT2D eigenvalue weighted by Gasteiger charge is -2.33. The Balaban J connectivity index is 1.46. The molecule has 6 nitrogen and oxygen atoms in total. The van der Waals surface area contributed by atoms with E-state index >= 15 is 0 Å². The second-order valence-corrected chi connectivity index (χ2v) is 6.92. The molecule has 0 bridgehead atoms. The highest BCUT2D eigenvalue weighted by molar-refractivity contribution is 5.59. The van der Waals surface area contributed by atoms with Crippen LogP contribution < -0.4 is 5.32 Å². The van der Waals surface area contributed by atoms with Crippen LogP contribution in [0.3, 0.4) is 0 Å². The summed E-state index contributed by atoms with van der Waals surface area (Å²) < 4.78 is 7.70. The molecule has 2 aliphatic rings. The fraction of sp³-hybridized carbons (Fsp3) is 0.421. The van der Waals surface area contributed by atoms with Crippen LogP contribution in [0.25, 0.3) is 17.0 Å². The normalized spacial score (nSPS) is 25.8. The van der Waals surface area contributed by atoms with Crippen molar-refractivity contribution in [2.45, 2.75) is 37.8 Å². The van der Waals surface area contributed by atoms with Crippen LogP contribution >= 0.6 is 0 Å². The summed E-state index contributed by atoms with van der Waals surface area (Å²) in [5.41, 5.74) is 1.77. The molecule has 3 atom stereocenters. The second kappa shape index (κ2) is 6.11. The molecule has 128 valence electrons. The van der Waals surface area contributed by atoms with Crippen molar-refractivity contribution in [1.82, 2.24) is 19.8 Å². The Bertz CT molecular complexity index is 878. The van der Waals surface area contributed by atoms with E-state index in [1.165, 1.54) is 19.3 Å². The first-order valence-corrected chi connectivity index (χ1v) is 9.04. The molecule has 2 fully saturated rings. The summed E-state index contributed by atoms with van der Waals surface area (Å²) in [6.45, 7) is 0.892. The predicted octanol–water partition coefficient (Wildman–Crippen LogP) is 3.16. The number of aromatic nitrogens is 4. The summed E-state index contributed by atoms with van der Waals surface area (Å²) >= 11 is 0. The third-order valence-corrected chi connectivity index (χ3v) is 5.41. The lowest BCUT2D eigenvalue weighted by Crippen LogP contribution is -2.38. The molecule has 1 aromatic carbocycles. The molecular weight excluding hydrogens is 314 g/mol. The fourth-order valence-corrected chi connectivity index (χ4v) is 4.18. The van der Waals surface area contributed by atoms with Crippen molar-refractivity contribution in [2.24, 2.45) is 5.92 Å². The lowest BCUT2D eigenvalue weighted by molar-refractivity contribution is 0.0619. The van der Waals surface area contributed by atoms with Gasteiger partial charge in [-0.15, -0.1) is 15.3 Å². The van der Waals surface area contributed by atoms with Crippen LogP contribution in [-0.2, 0) is 4.74 Å². The minimum Gasteiger partial charge on any atom is -0.378 e. The molecule has 0 amide bonds. The molecule has 1 aliphatic heterocycles. The Morgan fingerprint density at radius 2 is 1.92 bits per heavy atom. The molecule has 1 saturated heterocycles. The van der Waals surface area contributed by atoms with E-state index in [1.807, 2.05) is 47.0 Å². The Morgan fingerprint density at radius 3 is 2.84 bits per heavy atom. The summed E-state index contributed by atoms with van der Waals surface area (Å²) in [6, 6.07) is 14.5. The van der Waals surface area contributed by atoms with Crippen molar-refractivity contribution in [3.05, 3.63) is 42.5 Å². The van der Waals surface area contributed by atoms with Gasteiger partial charge < -0.3 is 10.1 Å². The number of fused-ring (bicyclic) bond motifs is 2. The summed E-state index contributed by atoms with van der Waals surface area (Å²) in [6.07, 6.45) is 5.15. The zero-order valence-electron chi connectivity index (χ0n) is 14.0. The number of anilines is 1. The van der Waals surface area contributed by atoms with Crippen molar-refractivity contribution >= 4 is 11.5 Å². The van der Waals surface area contributed by atoms with Gasteiger partial charge in [0.15, 0.2) is 11.5 Å². The largest absolute Gasteiger partial charge is 0.378 e. The molecule has 5 rings (SSSR count). The van der Waals surface area contributed by atoms with Crippen LogP contribution in [0.1, 0.15) is 25.7 Å². The zero-order valence-corrected chi connectivity index (χ0v) is 14.0. The van der Waals surface area contributed by atoms with Gasteiger partial charge in [0.05, 0.1) is 6.10 Å². The van der Waals surface area contributed by atoms with Gasteiger partial charge in [0.2, 0.25) is 0 Å². The first kappa shape index (κ1) is 14.8. The lowest BCUT2D eigenvalue weighted by atomic mass is 9.82. The van der Waals surface area contributed by atoms with Gasteiger partial charge in [0.1, 0.15) is 5.82 Å². The van der Waals surface area contributed by atoms with Crippen molar-refractivity contribution in [1.29, 1.82) is 0 Å². The summed E-state index contributed by atoms with van der Waals surface area (Å²) in [7, 11) is 0. The average Bonchev–Trinajstić information content (AvgIpc) is 3.29. The van der Waals surface area contributed by atoms with Crippen LogP contribution in [0, 0.1) is 5.92 Å². The topological polar surface area (TPSA) is 64.3 Å². The number of benzene rings is 1. The van der Waals surface area contributed by atoms with Crippen LogP contribution in [0.5, 0.6) is 0 Å². The molecule has 0 radical (unpaired) electrons. The minimum absolute atomic E-state index is 0.421. The fourth-order valence-electron chi connectivity index (χ4n) is 4.18. The molecule has 3 heterocycles. The molecule has 3 unspecified atom stereocenters. The van der Waals surface area contributed by atoms with Gasteiger partial charge in [-0.2, -0.15) is 4.52 Å². The standard InChI is InChI=1S/C19H21N5O/c1-2-5-13(6-3-1)19-22-21-18-10-9-17(23-24(18)19)20-15-7-4-8-16-14(15)11-12-25-16/h1-3,5-6,9-10,14-16H,4,7-8,11-12H2,(H,20,23). The van der Waals surface area contributed by atoms with E-state index < -0.39 is 0 Å². The minimum atomic E-state index is 0.421. The van der Waals surface area contributed by atoms with Gasteiger partial charge in [-0.1, -0.05) is 30.3 Å². The van der Waals surface area contributed by atoms with Gasteiger partial charge in [-0.25, -0.2) is 0 Å². The third-order valence-electron chi connectivity index (χ3n) is 5.41. The number of rotatable bonds is 3. The highest BCUT2D eigenvalue weighted by atomic mass is 16.5. The van der Waals surface area contributed by atoms with Crippen LogP contribution in [-0.4, -0.2) is 38.6 Å². The average molecular weight is 335 g/mol. The quantitative estimate of drug-likeness (QED) is 0.796. The van der Waals surface area contributed by atoms with Crippen molar-refractivity contribution in [3.8, 4) is 11.4 Å². The van der Waals surface area contributed by atoms with Gasteiger partial charge in [-0.05, 0) is 37.8 Å². The Labute approximate surface area is 146 Å². The molecule has 6 heteroatoms. The summed E-state index contributed by atoms with van der Waals surface area (Å²) in [5, 5.41) is 17.0. The maximum Gasteiger partial charge on any atom is 0.185 e. The Morgan fingerprint density at radius 1 is 1.00 bits per heavy atom. The Hall–Kier alpha value is -2.47. The maximum absolute atomic E-state index is 5.87. The third kappa shape index (κ3) is 2.66. The van der Waals surface area contributed by atoms with E-state index in [-0.39, 0.29) is 0 Å². The first-order valence-electron chi connectivity index (χ1n) is 9.04. The van der Waals surface area contributed by atoms with Gasteiger partial charge in [0.25, 0.3) is 0 Å². The molecule has 1 saturated carbocycles. The number of nitrogens with zero attached hydrogens (tertiary/aromatic N) is 4. The van der Waals surface area contributed by atoms with Crippen LogP contribution in [0.4, 0.5) is 5.82 Å². The maximum atomic E-state index is 5.87. The van der Waals surface area contributed by atoms with Crippen molar-refractivity contribution in [2.75, 3.05) is 11.9 Å². The van der Waals surface area contributed by atoms with Crippen LogP contribution in [0.2, 0.25) is 0 Å². The van der Waals surface area contributed by atoms with E-state index in [0.29, 0.717) is 18.1 Å². The van der Waals surface area contributed by atoms with Gasteiger partial charge in [-0.3, -0.25) is 0 Å². The van der Waals surface area contributed by atoms with E-state index in [1.54, 1.807) is 0 Å². The molecule has 1 N–H and O–H groups in total. The van der Waals surface area contributed by atoms with Gasteiger partial charge >= 0.3 is 0 Å². The van der Waals surface area contributed by atoms with Gasteiger partial charge in [0, 0.05) is 24.1 Å². The number of nitrogens with one attached hydrogen (secondary N) is 1. The smallest absolute Gasteiger partial charge is 0.185 e. The number of ether oxygens (including phenoxy) is 1. The zero-order chi connectivity index (χ0) is 16.6. The number of hydrogen-bond donors (Lipinski definition) is 1. The monoisotopic (exact) mass is 335 g/mol. The summed E-state index contributed by atoms with van der Waals surface area (Å²) in [5.74, 6) is 2.24. The van der Waals surface area contributed by atoms with Crippen molar-refractivity contribution in [3.63, 3.8) is 0 Å². The second-order valence-electron chi connectivity index (χ2n) is 6.92. The molecule has 1 aliphatic carbocycles. The number of hydrogen-bond acceptors (Lipinski definition) is 5. The van der Waals surface area contributed by atoms with E-state index in [0.717, 1.165) is 35.9 Å². The molecular formula is C19H21N5O. The highest BCUT2D eigenvalue weighted by Gasteiger charge is 2.37. The molecule has 0 spiro atoms. The van der Waals surface area contributed by atoms with Crippen LogP contribution in [0.15, 0.2) is 42.5 Å². The van der Waals surface area contributed by atoms with Crippen molar-refractivity contribution < 1.29 is 4.74 Å². The molecule has 2 aromatic heterocycles. The Kier molecular flexibility index (Phi) is 3.63. The first-order chi connectivity index (χ1) is 12.4. The van der Waals surface area contributed by atoms with E-state index in [2.05, 4.69) is 15.5 Å². The SMILES string of the molecule is c1ccc(-c2nnc3ccc(NC4CCCC5OCCC45)nn23)cc1. The summed E-state index contributed by atoms with van der Waals surface area (Å²) in [4.78, 5) is 0. The molecule has 3 aromatic rings.